The Morgan fingerprint density at radius 2 is 2.07 bits per heavy atom. The van der Waals surface area contributed by atoms with Gasteiger partial charge in [0, 0.05) is 35.1 Å². The van der Waals surface area contributed by atoms with E-state index in [1.807, 2.05) is 0 Å². The van der Waals surface area contributed by atoms with Crippen LogP contribution in [-0.4, -0.2) is 36.6 Å². The van der Waals surface area contributed by atoms with Gasteiger partial charge in [-0.15, -0.1) is 0 Å². The van der Waals surface area contributed by atoms with E-state index in [0.717, 1.165) is 18.1 Å². The molecular formula is C27H32N2O. The molecule has 2 fully saturated rings. The van der Waals surface area contributed by atoms with Crippen LogP contribution >= 0.6 is 0 Å². The number of aromatic nitrogens is 1. The van der Waals surface area contributed by atoms with E-state index < -0.39 is 0 Å². The van der Waals surface area contributed by atoms with Crippen molar-refractivity contribution in [1.82, 2.24) is 9.88 Å². The van der Waals surface area contributed by atoms with Gasteiger partial charge in [-0.25, -0.2) is 0 Å². The summed E-state index contributed by atoms with van der Waals surface area (Å²) in [6.45, 7) is 5.97. The van der Waals surface area contributed by atoms with Crippen LogP contribution in [0.15, 0.2) is 42.5 Å². The predicted molar refractivity (Wildman–Crippen MR) is 122 cm³/mol. The third-order valence-corrected chi connectivity index (χ3v) is 8.08. The van der Waals surface area contributed by atoms with Gasteiger partial charge in [0.05, 0.1) is 7.11 Å². The van der Waals surface area contributed by atoms with Gasteiger partial charge in [0.15, 0.2) is 0 Å². The molecule has 0 amide bonds. The topological polar surface area (TPSA) is 28.3 Å². The number of nitrogens with one attached hydrogen (secondary N) is 1. The number of methoxy groups -OCH3 is 1. The van der Waals surface area contributed by atoms with Crippen LogP contribution in [0, 0.1) is 18.8 Å². The van der Waals surface area contributed by atoms with E-state index >= 15 is 0 Å². The molecule has 2 aromatic carbocycles. The van der Waals surface area contributed by atoms with Crippen LogP contribution in [0.4, 0.5) is 0 Å². The Kier molecular flexibility index (Phi) is 4.24. The van der Waals surface area contributed by atoms with Crippen LogP contribution in [0.5, 0.6) is 5.75 Å². The van der Waals surface area contributed by atoms with E-state index in [4.69, 9.17) is 4.74 Å². The van der Waals surface area contributed by atoms with Crippen LogP contribution in [0.3, 0.4) is 0 Å². The van der Waals surface area contributed by atoms with Gasteiger partial charge < -0.3 is 14.6 Å². The molecule has 3 heteroatoms. The molecule has 0 spiro atoms. The summed E-state index contributed by atoms with van der Waals surface area (Å²) in [4.78, 5) is 6.58. The Morgan fingerprint density at radius 1 is 1.17 bits per heavy atom. The molecule has 2 heterocycles. The van der Waals surface area contributed by atoms with Crippen molar-refractivity contribution in [1.29, 1.82) is 0 Å². The first-order valence-corrected chi connectivity index (χ1v) is 11.6. The second kappa shape index (κ2) is 6.88. The fourth-order valence-corrected chi connectivity index (χ4v) is 6.24. The molecule has 3 nitrogen and oxygen atoms in total. The van der Waals surface area contributed by atoms with Gasteiger partial charge in [-0.3, -0.25) is 0 Å². The summed E-state index contributed by atoms with van der Waals surface area (Å²) in [6.07, 6.45) is 6.41. The van der Waals surface area contributed by atoms with Gasteiger partial charge in [-0.2, -0.15) is 0 Å². The molecule has 3 aliphatic rings. The Morgan fingerprint density at radius 3 is 2.90 bits per heavy atom. The molecule has 1 aromatic heterocycles. The molecule has 0 bridgehead atoms. The lowest BCUT2D eigenvalue weighted by Crippen LogP contribution is -2.54. The number of piperidine rings is 1. The molecule has 2 aliphatic carbocycles. The van der Waals surface area contributed by atoms with Crippen molar-refractivity contribution in [2.24, 2.45) is 11.8 Å². The van der Waals surface area contributed by atoms with Crippen LogP contribution < -0.4 is 4.74 Å². The molecule has 2 unspecified atom stereocenters. The number of ether oxygens (including phenoxy) is 1. The number of hydrogen-bond acceptors (Lipinski definition) is 2. The highest BCUT2D eigenvalue weighted by Crippen LogP contribution is 2.50. The second-order valence-electron chi connectivity index (χ2n) is 10.1. The maximum atomic E-state index is 5.62. The molecule has 1 saturated heterocycles. The van der Waals surface area contributed by atoms with Gasteiger partial charge >= 0.3 is 0 Å². The Labute approximate surface area is 179 Å². The lowest BCUT2D eigenvalue weighted by Gasteiger charge is -2.51. The third-order valence-electron chi connectivity index (χ3n) is 8.08. The number of aromatic amines is 1. The van der Waals surface area contributed by atoms with E-state index in [-0.39, 0.29) is 5.41 Å². The highest BCUT2D eigenvalue weighted by molar-refractivity contribution is 5.86. The molecule has 30 heavy (non-hydrogen) atoms. The highest BCUT2D eigenvalue weighted by Gasteiger charge is 2.48. The van der Waals surface area contributed by atoms with Crippen molar-refractivity contribution in [3.05, 3.63) is 64.8 Å². The highest BCUT2D eigenvalue weighted by atomic mass is 16.5. The average Bonchev–Trinajstić information content (AvgIpc) is 3.52. The number of aryl methyl sites for hydroxylation is 1. The van der Waals surface area contributed by atoms with Crippen molar-refractivity contribution in [3.8, 4) is 5.75 Å². The molecule has 2 atom stereocenters. The lowest BCUT2D eigenvalue weighted by atomic mass is 9.58. The predicted octanol–water partition coefficient (Wildman–Crippen LogP) is 5.25. The van der Waals surface area contributed by atoms with E-state index in [1.54, 1.807) is 12.7 Å². The number of likely N-dealkylation sites (tertiary alicyclic amines) is 1. The van der Waals surface area contributed by atoms with Crippen molar-refractivity contribution in [2.45, 2.75) is 44.4 Å². The zero-order chi connectivity index (χ0) is 20.3. The summed E-state index contributed by atoms with van der Waals surface area (Å²) < 4.78 is 5.62. The van der Waals surface area contributed by atoms with Crippen LogP contribution in [-0.2, 0) is 18.3 Å². The maximum absolute atomic E-state index is 5.62. The summed E-state index contributed by atoms with van der Waals surface area (Å²) in [5.74, 6) is 2.60. The fraction of sp³-hybridized carbons (Fsp3) is 0.481. The normalized spacial score (nSPS) is 26.4. The molecule has 3 aromatic rings. The number of rotatable bonds is 4. The molecule has 0 radical (unpaired) electrons. The molecular weight excluding hydrogens is 368 g/mol. The number of benzene rings is 2. The standard InChI is InChI=1S/C27H32N2O/c1-18-6-9-25-23(12-18)24-14-21-17-29(16-19-7-8-19)11-10-27(21,15-26(24)28-25)20-4-3-5-22(13-20)30-2/h3-6,9,12-13,19,21,28H,7-8,10-11,14-17H2,1-2H3. The number of H-pyrrole nitrogens is 1. The summed E-state index contributed by atoms with van der Waals surface area (Å²) in [7, 11) is 1.78. The van der Waals surface area contributed by atoms with Crippen LogP contribution in [0.25, 0.3) is 10.9 Å². The van der Waals surface area contributed by atoms with Crippen molar-refractivity contribution in [2.75, 3.05) is 26.7 Å². The SMILES string of the molecule is COc1cccc(C23CCN(CC4CC4)CC2Cc2c([nH]c4ccc(C)cc24)C3)c1. The number of fused-ring (bicyclic) bond motifs is 4. The smallest absolute Gasteiger partial charge is 0.119 e. The monoisotopic (exact) mass is 400 g/mol. The summed E-state index contributed by atoms with van der Waals surface area (Å²) >= 11 is 0. The van der Waals surface area contributed by atoms with E-state index in [1.165, 1.54) is 73.0 Å². The molecule has 6 rings (SSSR count). The lowest BCUT2D eigenvalue weighted by molar-refractivity contribution is 0.0783. The molecule has 1 saturated carbocycles. The minimum atomic E-state index is 0.206. The van der Waals surface area contributed by atoms with Gasteiger partial charge in [-0.05, 0) is 92.8 Å². The van der Waals surface area contributed by atoms with Gasteiger partial charge in [-0.1, -0.05) is 23.8 Å². The van der Waals surface area contributed by atoms with E-state index in [2.05, 4.69) is 59.3 Å². The largest absolute Gasteiger partial charge is 0.497 e. The first-order valence-electron chi connectivity index (χ1n) is 11.6. The zero-order valence-electron chi connectivity index (χ0n) is 18.2. The Balaban J connectivity index is 1.44. The van der Waals surface area contributed by atoms with Gasteiger partial charge in [0.1, 0.15) is 5.75 Å². The second-order valence-corrected chi connectivity index (χ2v) is 10.1. The third kappa shape index (κ3) is 2.98. The number of nitrogens with zero attached hydrogens (tertiary/aromatic N) is 1. The minimum Gasteiger partial charge on any atom is -0.497 e. The van der Waals surface area contributed by atoms with Crippen molar-refractivity contribution >= 4 is 10.9 Å². The summed E-state index contributed by atoms with van der Waals surface area (Å²) in [5, 5.41) is 1.45. The van der Waals surface area contributed by atoms with Crippen molar-refractivity contribution in [3.63, 3.8) is 0 Å². The Bertz CT molecular complexity index is 1100. The minimum absolute atomic E-state index is 0.206. The Hall–Kier alpha value is -2.26. The maximum Gasteiger partial charge on any atom is 0.119 e. The van der Waals surface area contributed by atoms with Crippen LogP contribution in [0.1, 0.15) is 41.6 Å². The van der Waals surface area contributed by atoms with Gasteiger partial charge in [0.2, 0.25) is 0 Å². The zero-order valence-corrected chi connectivity index (χ0v) is 18.2. The quantitative estimate of drug-likeness (QED) is 0.648. The fourth-order valence-electron chi connectivity index (χ4n) is 6.24. The summed E-state index contributed by atoms with van der Waals surface area (Å²) in [5.41, 5.74) is 7.37. The summed E-state index contributed by atoms with van der Waals surface area (Å²) in [6, 6.07) is 15.8. The molecule has 1 aliphatic heterocycles. The molecule has 1 N–H and O–H groups in total. The first-order chi connectivity index (χ1) is 14.6. The van der Waals surface area contributed by atoms with Crippen LogP contribution in [0.2, 0.25) is 0 Å². The first kappa shape index (κ1) is 18.5. The van der Waals surface area contributed by atoms with E-state index in [9.17, 15) is 0 Å². The van der Waals surface area contributed by atoms with Gasteiger partial charge in [0.25, 0.3) is 0 Å². The molecule has 156 valence electrons. The number of hydrogen-bond donors (Lipinski definition) is 1. The van der Waals surface area contributed by atoms with E-state index in [0.29, 0.717) is 5.92 Å². The van der Waals surface area contributed by atoms with Crippen molar-refractivity contribution < 1.29 is 4.74 Å². The average molecular weight is 401 g/mol.